The molecule has 0 saturated heterocycles. The average molecular weight is 888 g/mol. The number of carbonyl (C=O) groups excluding carboxylic acids is 2. The first kappa shape index (κ1) is 35.3. The molecule has 8 heteroatoms. The predicted octanol–water partition coefficient (Wildman–Crippen LogP) is 4.57. The first-order valence-corrected chi connectivity index (χ1v) is 27.7. The molecule has 1 heterocycles. The van der Waals surface area contributed by atoms with Crippen molar-refractivity contribution >= 4 is 82.3 Å². The summed E-state index contributed by atoms with van der Waals surface area (Å²) >= 11 is -7.62. The van der Waals surface area contributed by atoms with Crippen molar-refractivity contribution in [3.8, 4) is 0 Å². The van der Waals surface area contributed by atoms with Gasteiger partial charge < -0.3 is 5.48 Å². The molecular formula is C42H34O5SSn2. The molecule has 0 spiro atoms. The van der Waals surface area contributed by atoms with E-state index in [0.717, 1.165) is 32.8 Å². The standard InChI is InChI=1S/C6H4O4S.6C6H5.H2O.2Sn/c7-5(8)3-1-2-4(11-3)6(9)10;6*1-2-4-6-5-3-1;;;/h1-2H,(H,7,8)(H,9,10);6*1-5H;1H2;;/q;;;;;;;;2*+1/p-2. The van der Waals surface area contributed by atoms with Crippen LogP contribution in [0.5, 0.6) is 0 Å². The number of hydrogen-bond acceptors (Lipinski definition) is 5. The molecule has 0 radical (unpaired) electrons. The van der Waals surface area contributed by atoms with Crippen LogP contribution in [0.25, 0.3) is 0 Å². The van der Waals surface area contributed by atoms with E-state index in [4.69, 9.17) is 6.15 Å². The normalized spacial score (nSPS) is 11.2. The molecular weight excluding hydrogens is 854 g/mol. The number of thiophene rings is 1. The molecule has 5 nitrogen and oxygen atoms in total. The van der Waals surface area contributed by atoms with Crippen LogP contribution in [-0.2, 0) is 6.15 Å². The van der Waals surface area contributed by atoms with Crippen molar-refractivity contribution in [1.82, 2.24) is 0 Å². The quantitative estimate of drug-likeness (QED) is 0.189. The maximum atomic E-state index is 14.3. The van der Waals surface area contributed by atoms with Gasteiger partial charge in [0, 0.05) is 0 Å². The van der Waals surface area contributed by atoms with Gasteiger partial charge in [-0.05, 0) is 0 Å². The Morgan fingerprint density at radius 1 is 0.340 bits per heavy atom. The summed E-state index contributed by atoms with van der Waals surface area (Å²) in [5.41, 5.74) is 0. The van der Waals surface area contributed by atoms with Gasteiger partial charge in [-0.1, -0.05) is 0 Å². The SMILES string of the molecule is O.O=C([O][Sn]([c]1ccccc1)([c]1ccccc1)[c]1ccccc1)c1ccc(C(=O)[O][Sn]([c]2ccccc2)([c]2ccccc2)[c]2ccccc2)s1. The fourth-order valence-corrected chi connectivity index (χ4v) is 28.8. The van der Waals surface area contributed by atoms with Gasteiger partial charge in [0.1, 0.15) is 0 Å². The first-order valence-electron chi connectivity index (χ1n) is 16.0. The van der Waals surface area contributed by atoms with Crippen LogP contribution in [0.15, 0.2) is 194 Å². The molecule has 0 fully saturated rings. The van der Waals surface area contributed by atoms with Crippen LogP contribution in [0.4, 0.5) is 0 Å². The van der Waals surface area contributed by atoms with E-state index in [1.165, 1.54) is 0 Å². The van der Waals surface area contributed by atoms with E-state index in [1.54, 1.807) is 12.1 Å². The molecule has 7 rings (SSSR count). The Labute approximate surface area is 305 Å². The van der Waals surface area contributed by atoms with E-state index in [2.05, 4.69) is 72.8 Å². The zero-order valence-electron chi connectivity index (χ0n) is 27.0. The zero-order chi connectivity index (χ0) is 33.5. The molecule has 0 bridgehead atoms. The molecule has 7 aromatic rings. The Morgan fingerprint density at radius 2 is 0.540 bits per heavy atom. The van der Waals surface area contributed by atoms with Crippen LogP contribution in [0, 0.1) is 0 Å². The van der Waals surface area contributed by atoms with Gasteiger partial charge in [-0.25, -0.2) is 0 Å². The number of carbonyl (C=O) groups is 2. The number of rotatable bonds is 10. The van der Waals surface area contributed by atoms with Gasteiger partial charge in [0.2, 0.25) is 0 Å². The molecule has 0 aliphatic carbocycles. The molecule has 0 aliphatic heterocycles. The van der Waals surface area contributed by atoms with Crippen molar-refractivity contribution in [2.45, 2.75) is 0 Å². The van der Waals surface area contributed by atoms with Gasteiger partial charge in [-0.2, -0.15) is 0 Å². The molecule has 0 saturated carbocycles. The Hall–Kier alpha value is -4.48. The van der Waals surface area contributed by atoms with E-state index in [9.17, 15) is 9.59 Å². The van der Waals surface area contributed by atoms with Crippen LogP contribution < -0.4 is 21.5 Å². The van der Waals surface area contributed by atoms with Gasteiger partial charge in [0.05, 0.1) is 0 Å². The fraction of sp³-hybridized carbons (Fsp3) is 0. The van der Waals surface area contributed by atoms with Crippen LogP contribution in [-0.4, -0.2) is 55.0 Å². The fourth-order valence-electron chi connectivity index (χ4n) is 6.33. The summed E-state index contributed by atoms with van der Waals surface area (Å²) < 4.78 is 19.8. The summed E-state index contributed by atoms with van der Waals surface area (Å²) in [7, 11) is 0. The summed E-state index contributed by atoms with van der Waals surface area (Å²) in [5.74, 6) is -0.888. The van der Waals surface area contributed by atoms with E-state index in [1.807, 2.05) is 109 Å². The second-order valence-corrected chi connectivity index (χ2v) is 31.4. The van der Waals surface area contributed by atoms with Gasteiger partial charge in [-0.3, -0.25) is 0 Å². The number of hydrogen-bond donors (Lipinski definition) is 0. The third-order valence-electron chi connectivity index (χ3n) is 8.58. The Bertz CT molecular complexity index is 1800. The summed E-state index contributed by atoms with van der Waals surface area (Å²) in [6.45, 7) is 0. The molecule has 1 aromatic heterocycles. The summed E-state index contributed by atoms with van der Waals surface area (Å²) in [4.78, 5) is 29.2. The monoisotopic (exact) mass is 890 g/mol. The first-order chi connectivity index (χ1) is 24.1. The van der Waals surface area contributed by atoms with E-state index >= 15 is 0 Å². The van der Waals surface area contributed by atoms with Gasteiger partial charge in [-0.15, -0.1) is 0 Å². The third kappa shape index (κ3) is 6.93. The third-order valence-corrected chi connectivity index (χ3v) is 32.1. The average Bonchev–Trinajstić information content (AvgIpc) is 3.69. The Kier molecular flexibility index (Phi) is 11.3. The van der Waals surface area contributed by atoms with Crippen molar-refractivity contribution in [2.75, 3.05) is 0 Å². The van der Waals surface area contributed by atoms with Crippen molar-refractivity contribution in [1.29, 1.82) is 0 Å². The van der Waals surface area contributed by atoms with Crippen LogP contribution >= 0.6 is 11.3 Å². The molecule has 2 N–H and O–H groups in total. The van der Waals surface area contributed by atoms with Gasteiger partial charge in [0.15, 0.2) is 0 Å². The van der Waals surface area contributed by atoms with E-state index in [0.29, 0.717) is 9.75 Å². The van der Waals surface area contributed by atoms with E-state index in [-0.39, 0.29) is 5.48 Å². The van der Waals surface area contributed by atoms with Crippen molar-refractivity contribution in [3.05, 3.63) is 204 Å². The summed E-state index contributed by atoms with van der Waals surface area (Å²) in [6.07, 6.45) is 0. The van der Waals surface area contributed by atoms with Crippen LogP contribution in [0.1, 0.15) is 19.3 Å². The molecule has 6 aromatic carbocycles. The second kappa shape index (κ2) is 16.0. The minimum atomic E-state index is -4.37. The molecule has 0 atom stereocenters. The Balaban J connectivity index is 0.00000432. The van der Waals surface area contributed by atoms with Gasteiger partial charge in [0.25, 0.3) is 0 Å². The zero-order valence-corrected chi connectivity index (χ0v) is 33.5. The van der Waals surface area contributed by atoms with Crippen molar-refractivity contribution in [3.63, 3.8) is 0 Å². The molecule has 0 amide bonds. The molecule has 246 valence electrons. The molecule has 50 heavy (non-hydrogen) atoms. The van der Waals surface area contributed by atoms with Gasteiger partial charge >= 0.3 is 302 Å². The van der Waals surface area contributed by atoms with Crippen LogP contribution in [0.3, 0.4) is 0 Å². The number of benzene rings is 6. The minimum absolute atomic E-state index is 0. The van der Waals surface area contributed by atoms with Crippen molar-refractivity contribution in [2.24, 2.45) is 0 Å². The molecule has 0 aliphatic rings. The maximum absolute atomic E-state index is 14.3. The topological polar surface area (TPSA) is 84.1 Å². The summed E-state index contributed by atoms with van der Waals surface area (Å²) in [5, 5.41) is 0. The summed E-state index contributed by atoms with van der Waals surface area (Å²) in [6, 6.07) is 63.8. The van der Waals surface area contributed by atoms with Crippen molar-refractivity contribution < 1.29 is 21.2 Å². The predicted molar refractivity (Wildman–Crippen MR) is 207 cm³/mol. The second-order valence-electron chi connectivity index (χ2n) is 11.5. The Morgan fingerprint density at radius 3 is 0.740 bits per heavy atom. The van der Waals surface area contributed by atoms with E-state index < -0.39 is 49.5 Å². The molecule has 0 unspecified atom stereocenters. The van der Waals surface area contributed by atoms with Crippen LogP contribution in [0.2, 0.25) is 0 Å².